The second-order valence-electron chi connectivity index (χ2n) is 7.78. The number of benzene rings is 2. The van der Waals surface area contributed by atoms with Crippen molar-refractivity contribution in [1.82, 2.24) is 9.62 Å². The van der Waals surface area contributed by atoms with Gasteiger partial charge in [-0.25, -0.2) is 17.5 Å². The van der Waals surface area contributed by atoms with Crippen LogP contribution in [0.15, 0.2) is 47.4 Å². The summed E-state index contributed by atoms with van der Waals surface area (Å²) in [7, 11) is -2.18. The maximum absolute atomic E-state index is 14.0. The van der Waals surface area contributed by atoms with Gasteiger partial charge >= 0.3 is 0 Å². The summed E-state index contributed by atoms with van der Waals surface area (Å²) in [5, 5.41) is 0. The number of ether oxygens (including phenoxy) is 1. The topological polar surface area (TPSA) is 75.7 Å². The summed E-state index contributed by atoms with van der Waals surface area (Å²) in [6.07, 6.45) is 1.44. The van der Waals surface area contributed by atoms with E-state index in [0.717, 1.165) is 11.1 Å². The summed E-state index contributed by atoms with van der Waals surface area (Å²) >= 11 is 0. The number of amides is 1. The number of sulfonamides is 1. The Balaban J connectivity index is 1.68. The number of hydrogen-bond acceptors (Lipinski definition) is 4. The van der Waals surface area contributed by atoms with Gasteiger partial charge in [0.05, 0.1) is 10.3 Å². The molecular formula is C22H25FN2O4S. The van der Waals surface area contributed by atoms with Crippen molar-refractivity contribution < 1.29 is 22.3 Å². The van der Waals surface area contributed by atoms with Gasteiger partial charge in [-0.2, -0.15) is 0 Å². The molecule has 4 rings (SSSR count). The molecule has 160 valence electrons. The average Bonchev–Trinajstić information content (AvgIpc) is 2.78. The molecule has 0 saturated carbocycles. The first kappa shape index (κ1) is 21.0. The second kappa shape index (κ2) is 8.09. The number of carbonyl (C=O) groups excluding carboxylic acids is 1. The van der Waals surface area contributed by atoms with Crippen LogP contribution in [0.1, 0.15) is 29.5 Å². The Morgan fingerprint density at radius 2 is 1.90 bits per heavy atom. The smallest absolute Gasteiger partial charge is 0.240 e. The predicted octanol–water partition coefficient (Wildman–Crippen LogP) is 2.37. The van der Waals surface area contributed by atoms with Gasteiger partial charge in [0.25, 0.3) is 0 Å². The van der Waals surface area contributed by atoms with Crippen molar-refractivity contribution in [2.75, 3.05) is 26.8 Å². The molecule has 0 aromatic heterocycles. The van der Waals surface area contributed by atoms with E-state index in [1.807, 2.05) is 12.1 Å². The molecule has 0 bridgehead atoms. The summed E-state index contributed by atoms with van der Waals surface area (Å²) < 4.78 is 46.6. The van der Waals surface area contributed by atoms with Gasteiger partial charge in [0.15, 0.2) is 0 Å². The zero-order chi connectivity index (χ0) is 21.4. The summed E-state index contributed by atoms with van der Waals surface area (Å²) in [4.78, 5) is 15.8. The van der Waals surface area contributed by atoms with Gasteiger partial charge in [-0.1, -0.05) is 24.3 Å². The van der Waals surface area contributed by atoms with Crippen LogP contribution in [-0.4, -0.2) is 46.0 Å². The van der Waals surface area contributed by atoms with Gasteiger partial charge in [-0.15, -0.1) is 0 Å². The molecule has 0 atom stereocenters. The first-order valence-electron chi connectivity index (χ1n) is 10.0. The minimum atomic E-state index is -3.57. The quantitative estimate of drug-likeness (QED) is 0.805. The van der Waals surface area contributed by atoms with Crippen molar-refractivity contribution in [3.8, 4) is 0 Å². The molecule has 30 heavy (non-hydrogen) atoms. The SMILES string of the molecule is CNS(=O)(=O)c1cccc2c1CCN(C(=O)C1(c3cccc(F)c3)CCOCC1)C2. The molecule has 1 saturated heterocycles. The molecule has 6 nitrogen and oxygen atoms in total. The highest BCUT2D eigenvalue weighted by atomic mass is 32.2. The molecule has 2 aromatic rings. The zero-order valence-electron chi connectivity index (χ0n) is 16.9. The minimum absolute atomic E-state index is 0.0519. The number of nitrogens with zero attached hydrogens (tertiary/aromatic N) is 1. The second-order valence-corrected chi connectivity index (χ2v) is 9.64. The lowest BCUT2D eigenvalue weighted by atomic mass is 9.72. The van der Waals surface area contributed by atoms with E-state index in [2.05, 4.69) is 4.72 Å². The molecule has 0 unspecified atom stereocenters. The lowest BCUT2D eigenvalue weighted by Gasteiger charge is -2.41. The highest BCUT2D eigenvalue weighted by Crippen LogP contribution is 2.38. The zero-order valence-corrected chi connectivity index (χ0v) is 17.7. The fourth-order valence-corrected chi connectivity index (χ4v) is 5.58. The third-order valence-electron chi connectivity index (χ3n) is 6.20. The first-order chi connectivity index (χ1) is 14.4. The Morgan fingerprint density at radius 3 is 2.60 bits per heavy atom. The monoisotopic (exact) mass is 432 g/mol. The van der Waals surface area contributed by atoms with E-state index < -0.39 is 15.4 Å². The lowest BCUT2D eigenvalue weighted by molar-refractivity contribution is -0.142. The Hall–Kier alpha value is -2.29. The van der Waals surface area contributed by atoms with Crippen LogP contribution >= 0.6 is 0 Å². The van der Waals surface area contributed by atoms with Gasteiger partial charge in [0.1, 0.15) is 5.82 Å². The number of rotatable bonds is 4. The lowest BCUT2D eigenvalue weighted by Crippen LogP contribution is -2.51. The van der Waals surface area contributed by atoms with E-state index in [9.17, 15) is 17.6 Å². The normalized spacial score (nSPS) is 18.7. The molecular weight excluding hydrogens is 407 g/mol. The molecule has 2 aromatic carbocycles. The molecule has 2 heterocycles. The van der Waals surface area contributed by atoms with Crippen LogP contribution in [0, 0.1) is 5.82 Å². The van der Waals surface area contributed by atoms with Gasteiger partial charge in [-0.3, -0.25) is 4.79 Å². The van der Waals surface area contributed by atoms with Crippen LogP contribution in [0.3, 0.4) is 0 Å². The van der Waals surface area contributed by atoms with Crippen LogP contribution in [0.25, 0.3) is 0 Å². The molecule has 1 N–H and O–H groups in total. The van der Waals surface area contributed by atoms with Crippen LogP contribution in [0.2, 0.25) is 0 Å². The van der Waals surface area contributed by atoms with Crippen LogP contribution < -0.4 is 4.72 Å². The maximum atomic E-state index is 14.0. The van der Waals surface area contributed by atoms with E-state index >= 15 is 0 Å². The maximum Gasteiger partial charge on any atom is 0.240 e. The van der Waals surface area contributed by atoms with Crippen molar-refractivity contribution in [3.63, 3.8) is 0 Å². The molecule has 2 aliphatic rings. The number of nitrogens with one attached hydrogen (secondary N) is 1. The van der Waals surface area contributed by atoms with E-state index in [1.54, 1.807) is 23.1 Å². The van der Waals surface area contributed by atoms with Crippen LogP contribution in [0.4, 0.5) is 4.39 Å². The molecule has 8 heteroatoms. The molecule has 0 spiro atoms. The van der Waals surface area contributed by atoms with E-state index in [-0.39, 0.29) is 16.6 Å². The van der Waals surface area contributed by atoms with Gasteiger partial charge in [0, 0.05) is 26.3 Å². The van der Waals surface area contributed by atoms with Crippen molar-refractivity contribution in [3.05, 3.63) is 65.0 Å². The summed E-state index contributed by atoms with van der Waals surface area (Å²) in [5.74, 6) is -0.416. The number of hydrogen-bond donors (Lipinski definition) is 1. The van der Waals surface area contributed by atoms with Crippen LogP contribution in [0.5, 0.6) is 0 Å². The van der Waals surface area contributed by atoms with Crippen LogP contribution in [-0.2, 0) is 37.9 Å². The molecule has 1 amide bonds. The minimum Gasteiger partial charge on any atom is -0.381 e. The Labute approximate surface area is 176 Å². The third kappa shape index (κ3) is 3.64. The highest BCUT2D eigenvalue weighted by molar-refractivity contribution is 7.89. The highest BCUT2D eigenvalue weighted by Gasteiger charge is 2.45. The standard InChI is InChI=1S/C22H25FN2O4S/c1-24-30(27,28)20-7-2-4-16-15-25(11-8-19(16)20)21(26)22(9-12-29-13-10-22)17-5-3-6-18(23)14-17/h2-7,14,24H,8-13,15H2,1H3. The number of fused-ring (bicyclic) bond motifs is 1. The van der Waals surface area contributed by atoms with Gasteiger partial charge in [0.2, 0.25) is 15.9 Å². The number of halogens is 1. The number of carbonyl (C=O) groups is 1. The van der Waals surface area contributed by atoms with Crippen molar-refractivity contribution in [2.24, 2.45) is 0 Å². The Bertz CT molecular complexity index is 1060. The van der Waals surface area contributed by atoms with E-state index in [4.69, 9.17) is 4.74 Å². The molecule has 0 radical (unpaired) electrons. The van der Waals surface area contributed by atoms with E-state index in [1.165, 1.54) is 19.2 Å². The summed E-state index contributed by atoms with van der Waals surface area (Å²) in [6, 6.07) is 11.4. The van der Waals surface area contributed by atoms with Crippen molar-refractivity contribution in [1.29, 1.82) is 0 Å². The average molecular weight is 433 g/mol. The Morgan fingerprint density at radius 1 is 1.17 bits per heavy atom. The van der Waals surface area contributed by atoms with Gasteiger partial charge < -0.3 is 9.64 Å². The predicted molar refractivity (Wildman–Crippen MR) is 110 cm³/mol. The third-order valence-corrected chi connectivity index (χ3v) is 7.70. The van der Waals surface area contributed by atoms with E-state index in [0.29, 0.717) is 51.1 Å². The molecule has 0 aliphatic carbocycles. The largest absolute Gasteiger partial charge is 0.381 e. The fourth-order valence-electron chi connectivity index (χ4n) is 4.54. The molecule has 2 aliphatic heterocycles. The van der Waals surface area contributed by atoms with Gasteiger partial charge in [-0.05, 0) is 61.2 Å². The molecule has 1 fully saturated rings. The summed E-state index contributed by atoms with van der Waals surface area (Å²) in [6.45, 7) is 1.63. The Kier molecular flexibility index (Phi) is 5.65. The van der Waals surface area contributed by atoms with Crippen molar-refractivity contribution >= 4 is 15.9 Å². The fraction of sp³-hybridized carbons (Fsp3) is 0.409. The summed E-state index contributed by atoms with van der Waals surface area (Å²) in [5.41, 5.74) is 1.43. The van der Waals surface area contributed by atoms with Crippen molar-refractivity contribution in [2.45, 2.75) is 36.1 Å². The first-order valence-corrected chi connectivity index (χ1v) is 11.5.